The number of nitrogens with zero attached hydrogens (tertiary/aromatic N) is 1. The molecule has 5 rings (SSSR count). The number of benzene rings is 1. The maximum Gasteiger partial charge on any atom is 0.250 e. The zero-order chi connectivity index (χ0) is 20.6. The van der Waals surface area contributed by atoms with Gasteiger partial charge in [-0.05, 0) is 96.8 Å². The molecular formula is C25H36N2OSi. The Morgan fingerprint density at radius 2 is 1.97 bits per heavy atom. The minimum absolute atomic E-state index is 0.231. The van der Waals surface area contributed by atoms with Crippen LogP contribution in [-0.4, -0.2) is 18.5 Å². The van der Waals surface area contributed by atoms with Crippen LogP contribution >= 0.6 is 0 Å². The highest BCUT2D eigenvalue weighted by atomic mass is 28.4. The Kier molecular flexibility index (Phi) is 4.17. The van der Waals surface area contributed by atoms with Gasteiger partial charge in [0.15, 0.2) is 0 Å². The summed E-state index contributed by atoms with van der Waals surface area (Å²) in [6, 6.07) is 7.05. The van der Waals surface area contributed by atoms with Crippen LogP contribution < -0.4 is 4.43 Å². The molecule has 0 radical (unpaired) electrons. The smallest absolute Gasteiger partial charge is 0.250 e. The molecule has 1 heterocycles. The highest BCUT2D eigenvalue weighted by Crippen LogP contribution is 2.59. The van der Waals surface area contributed by atoms with Crippen LogP contribution in [0.5, 0.6) is 5.75 Å². The third kappa shape index (κ3) is 2.85. The monoisotopic (exact) mass is 408 g/mol. The highest BCUT2D eigenvalue weighted by Gasteiger charge is 2.53. The van der Waals surface area contributed by atoms with Gasteiger partial charge >= 0.3 is 0 Å². The van der Waals surface area contributed by atoms with E-state index in [1.165, 1.54) is 43.4 Å². The van der Waals surface area contributed by atoms with Crippen molar-refractivity contribution in [1.82, 2.24) is 10.2 Å². The fourth-order valence-corrected chi connectivity index (χ4v) is 7.30. The Labute approximate surface area is 176 Å². The van der Waals surface area contributed by atoms with E-state index in [0.717, 1.165) is 23.5 Å². The normalized spacial score (nSPS) is 30.9. The Morgan fingerprint density at radius 1 is 1.17 bits per heavy atom. The van der Waals surface area contributed by atoms with Gasteiger partial charge in [0.2, 0.25) is 8.32 Å². The van der Waals surface area contributed by atoms with Crippen LogP contribution in [0.4, 0.5) is 0 Å². The number of aromatic amines is 1. The van der Waals surface area contributed by atoms with Crippen LogP contribution in [0, 0.1) is 11.8 Å². The number of H-pyrrole nitrogens is 1. The minimum Gasteiger partial charge on any atom is -0.543 e. The second-order valence-corrected chi connectivity index (χ2v) is 16.3. The van der Waals surface area contributed by atoms with Gasteiger partial charge in [-0.1, -0.05) is 33.8 Å². The number of rotatable bonds is 2. The Balaban J connectivity index is 1.41. The van der Waals surface area contributed by atoms with E-state index in [0.29, 0.717) is 5.41 Å². The second-order valence-electron chi connectivity index (χ2n) is 11.6. The Hall–Kier alpha value is -1.55. The van der Waals surface area contributed by atoms with Crippen LogP contribution in [0.1, 0.15) is 75.3 Å². The van der Waals surface area contributed by atoms with Gasteiger partial charge in [0.25, 0.3) is 0 Å². The molecule has 29 heavy (non-hydrogen) atoms. The SMILES string of the molecule is CC(C)(C)[Si](C)(C)Oc1ccc2c(c1)CC[C@@H]1[C@@H]2CC[C@]2(C)c3[nH]ncc3C[C@@H]12. The molecule has 1 fully saturated rings. The third-order valence-corrected chi connectivity index (χ3v) is 13.4. The molecule has 0 bridgehead atoms. The molecule has 0 spiro atoms. The van der Waals surface area contributed by atoms with Crippen LogP contribution in [0.3, 0.4) is 0 Å². The standard InChI is InChI=1S/C25H36N2OSi/c1-24(2,3)29(5,6)28-18-8-10-19-16(13-18)7-9-21-20(19)11-12-25(4)22(21)14-17-15-26-27-23(17)25/h8,10,13,15,20-22H,7,9,11-12,14H2,1-6H3,(H,26,27)/t20-,21-,22+,25+/m1/s1. The lowest BCUT2D eigenvalue weighted by Crippen LogP contribution is -2.44. The summed E-state index contributed by atoms with van der Waals surface area (Å²) in [5.74, 6) is 3.38. The molecule has 1 N–H and O–H groups in total. The summed E-state index contributed by atoms with van der Waals surface area (Å²) in [6.07, 6.45) is 8.38. The van der Waals surface area contributed by atoms with Crippen molar-refractivity contribution >= 4 is 8.32 Å². The van der Waals surface area contributed by atoms with Crippen molar-refractivity contribution in [3.05, 3.63) is 46.8 Å². The Morgan fingerprint density at radius 3 is 2.72 bits per heavy atom. The maximum atomic E-state index is 6.61. The van der Waals surface area contributed by atoms with Crippen molar-refractivity contribution < 1.29 is 4.43 Å². The van der Waals surface area contributed by atoms with Crippen LogP contribution in [0.2, 0.25) is 18.1 Å². The summed E-state index contributed by atoms with van der Waals surface area (Å²) < 4.78 is 6.61. The van der Waals surface area contributed by atoms with E-state index in [1.807, 2.05) is 0 Å². The number of aryl methyl sites for hydroxylation is 1. The van der Waals surface area contributed by atoms with Crippen molar-refractivity contribution in [2.24, 2.45) is 11.8 Å². The molecule has 3 nitrogen and oxygen atoms in total. The van der Waals surface area contributed by atoms with E-state index in [9.17, 15) is 0 Å². The summed E-state index contributed by atoms with van der Waals surface area (Å²) in [6.45, 7) is 14.1. The topological polar surface area (TPSA) is 37.9 Å². The molecule has 0 unspecified atom stereocenters. The van der Waals surface area contributed by atoms with Crippen molar-refractivity contribution in [3.8, 4) is 5.75 Å². The molecule has 0 amide bonds. The number of aromatic nitrogens is 2. The maximum absolute atomic E-state index is 6.61. The van der Waals surface area contributed by atoms with Gasteiger partial charge in [-0.3, -0.25) is 5.10 Å². The number of hydrogen-bond donors (Lipinski definition) is 1. The van der Waals surface area contributed by atoms with Gasteiger partial charge in [-0.15, -0.1) is 0 Å². The summed E-state index contributed by atoms with van der Waals surface area (Å²) in [7, 11) is -1.79. The molecule has 156 valence electrons. The predicted molar refractivity (Wildman–Crippen MR) is 121 cm³/mol. The first-order valence-electron chi connectivity index (χ1n) is 11.4. The average Bonchev–Trinajstić information content (AvgIpc) is 3.21. The second kappa shape index (κ2) is 6.23. The highest BCUT2D eigenvalue weighted by molar-refractivity contribution is 6.74. The van der Waals surface area contributed by atoms with E-state index < -0.39 is 8.32 Å². The van der Waals surface area contributed by atoms with Crippen molar-refractivity contribution in [2.75, 3.05) is 0 Å². The summed E-state index contributed by atoms with van der Waals surface area (Å²) in [4.78, 5) is 0. The molecule has 0 saturated heterocycles. The lowest BCUT2D eigenvalue weighted by atomic mass is 9.55. The van der Waals surface area contributed by atoms with E-state index in [-0.39, 0.29) is 5.04 Å². The number of nitrogens with one attached hydrogen (secondary N) is 1. The first-order chi connectivity index (χ1) is 13.6. The first kappa shape index (κ1) is 19.4. The molecule has 3 aliphatic carbocycles. The van der Waals surface area contributed by atoms with Gasteiger partial charge < -0.3 is 4.43 Å². The molecule has 0 aliphatic heterocycles. The molecule has 2 aromatic rings. The van der Waals surface area contributed by atoms with Crippen molar-refractivity contribution in [2.45, 2.75) is 89.3 Å². The van der Waals surface area contributed by atoms with Crippen LogP contribution in [0.15, 0.2) is 24.4 Å². The number of fused-ring (bicyclic) bond motifs is 7. The summed E-state index contributed by atoms with van der Waals surface area (Å²) >= 11 is 0. The van der Waals surface area contributed by atoms with E-state index >= 15 is 0 Å². The van der Waals surface area contributed by atoms with Crippen molar-refractivity contribution in [3.63, 3.8) is 0 Å². The molecule has 1 saturated carbocycles. The number of hydrogen-bond acceptors (Lipinski definition) is 2. The zero-order valence-electron chi connectivity index (χ0n) is 18.9. The lowest BCUT2D eigenvalue weighted by molar-refractivity contribution is 0.103. The zero-order valence-corrected chi connectivity index (χ0v) is 19.9. The van der Waals surface area contributed by atoms with Gasteiger partial charge in [0.05, 0.1) is 6.20 Å². The Bertz CT molecular complexity index is 941. The summed E-state index contributed by atoms with van der Waals surface area (Å²) in [5.41, 5.74) is 6.37. The van der Waals surface area contributed by atoms with Crippen molar-refractivity contribution in [1.29, 1.82) is 0 Å². The van der Waals surface area contributed by atoms with E-state index in [2.05, 4.69) is 75.4 Å². The van der Waals surface area contributed by atoms with E-state index in [1.54, 1.807) is 11.1 Å². The van der Waals surface area contributed by atoms with Crippen LogP contribution in [0.25, 0.3) is 0 Å². The predicted octanol–water partition coefficient (Wildman–Crippen LogP) is 6.36. The van der Waals surface area contributed by atoms with Gasteiger partial charge in [-0.25, -0.2) is 0 Å². The van der Waals surface area contributed by atoms with Gasteiger partial charge in [0, 0.05) is 11.1 Å². The fourth-order valence-electron chi connectivity index (χ4n) is 6.27. The molecule has 1 aromatic carbocycles. The largest absolute Gasteiger partial charge is 0.543 e. The minimum atomic E-state index is -1.79. The molecule has 1 aromatic heterocycles. The summed E-state index contributed by atoms with van der Waals surface area (Å²) in [5, 5.41) is 7.92. The lowest BCUT2D eigenvalue weighted by Gasteiger charge is -2.49. The fraction of sp³-hybridized carbons (Fsp3) is 0.640. The quantitative estimate of drug-likeness (QED) is 0.587. The third-order valence-electron chi connectivity index (χ3n) is 9.00. The van der Waals surface area contributed by atoms with Gasteiger partial charge in [-0.2, -0.15) is 5.10 Å². The van der Waals surface area contributed by atoms with Gasteiger partial charge in [0.1, 0.15) is 5.75 Å². The first-order valence-corrected chi connectivity index (χ1v) is 14.4. The van der Waals surface area contributed by atoms with Crippen LogP contribution in [-0.2, 0) is 18.3 Å². The molecule has 4 heteroatoms. The molecule has 4 atom stereocenters. The molecular weight excluding hydrogens is 372 g/mol. The molecule has 3 aliphatic rings. The average molecular weight is 409 g/mol. The van der Waals surface area contributed by atoms with E-state index in [4.69, 9.17) is 4.43 Å².